The first kappa shape index (κ1) is 11.2. The molecule has 1 aromatic heterocycles. The van der Waals surface area contributed by atoms with Crippen LogP contribution >= 0.6 is 0 Å². The Kier molecular flexibility index (Phi) is 3.01. The molecule has 0 aliphatic heterocycles. The van der Waals surface area contributed by atoms with Gasteiger partial charge in [-0.25, -0.2) is 0 Å². The minimum Gasteiger partial charge on any atom is -0.458 e. The molecule has 0 saturated carbocycles. The van der Waals surface area contributed by atoms with E-state index in [9.17, 15) is 5.11 Å². The van der Waals surface area contributed by atoms with Crippen molar-refractivity contribution in [3.63, 3.8) is 0 Å². The summed E-state index contributed by atoms with van der Waals surface area (Å²) in [7, 11) is 0. The third-order valence-corrected chi connectivity index (χ3v) is 2.71. The molecule has 0 fully saturated rings. The van der Waals surface area contributed by atoms with Crippen LogP contribution in [0.5, 0.6) is 0 Å². The van der Waals surface area contributed by atoms with Gasteiger partial charge in [0.25, 0.3) is 0 Å². The van der Waals surface area contributed by atoms with Crippen LogP contribution in [0.15, 0.2) is 28.7 Å². The maximum Gasteiger partial charge on any atom is 0.134 e. The van der Waals surface area contributed by atoms with Crippen LogP contribution in [0.4, 0.5) is 0 Å². The second-order valence-corrected chi connectivity index (χ2v) is 4.84. The average Bonchev–Trinajstić information content (AvgIpc) is 2.59. The highest BCUT2D eigenvalue weighted by atomic mass is 16.4. The van der Waals surface area contributed by atoms with Gasteiger partial charge in [-0.05, 0) is 37.5 Å². The molecule has 1 heterocycles. The van der Waals surface area contributed by atoms with Crippen molar-refractivity contribution in [3.8, 4) is 0 Å². The Morgan fingerprint density at radius 1 is 1.25 bits per heavy atom. The molecule has 0 amide bonds. The molecule has 2 heteroatoms. The molecule has 1 aromatic carbocycles. The second kappa shape index (κ2) is 4.30. The lowest BCUT2D eigenvalue weighted by atomic mass is 10.0. The summed E-state index contributed by atoms with van der Waals surface area (Å²) >= 11 is 0. The molecule has 86 valence electrons. The van der Waals surface area contributed by atoms with Crippen molar-refractivity contribution in [1.82, 2.24) is 0 Å². The van der Waals surface area contributed by atoms with E-state index in [1.165, 1.54) is 5.56 Å². The van der Waals surface area contributed by atoms with E-state index in [-0.39, 0.29) is 0 Å². The topological polar surface area (TPSA) is 33.4 Å². The standard InChI is InChI=1S/C14H18O2/c1-9(2)6-12(15)14-8-11-7-10(3)4-5-13(11)16-14/h4-5,7-9,12,15H,6H2,1-3H3. The van der Waals surface area contributed by atoms with Gasteiger partial charge in [0, 0.05) is 5.39 Å². The molecule has 1 N–H and O–H groups in total. The Bertz CT molecular complexity index is 482. The van der Waals surface area contributed by atoms with Gasteiger partial charge in [-0.3, -0.25) is 0 Å². The molecule has 0 saturated heterocycles. The molecular weight excluding hydrogens is 200 g/mol. The first-order chi connectivity index (χ1) is 7.56. The van der Waals surface area contributed by atoms with Gasteiger partial charge < -0.3 is 9.52 Å². The lowest BCUT2D eigenvalue weighted by molar-refractivity contribution is 0.128. The molecule has 2 aromatic rings. The molecular formula is C14H18O2. The van der Waals surface area contributed by atoms with E-state index in [1.807, 2.05) is 18.2 Å². The third kappa shape index (κ3) is 2.27. The normalized spacial score (nSPS) is 13.6. The number of aliphatic hydroxyl groups is 1. The number of aliphatic hydroxyl groups excluding tert-OH is 1. The predicted molar refractivity (Wildman–Crippen MR) is 65.4 cm³/mol. The zero-order chi connectivity index (χ0) is 11.7. The Hall–Kier alpha value is -1.28. The average molecular weight is 218 g/mol. The van der Waals surface area contributed by atoms with E-state index in [2.05, 4.69) is 26.8 Å². The van der Waals surface area contributed by atoms with Gasteiger partial charge in [-0.15, -0.1) is 0 Å². The first-order valence-corrected chi connectivity index (χ1v) is 5.74. The SMILES string of the molecule is Cc1ccc2oc(C(O)CC(C)C)cc2c1. The number of hydrogen-bond acceptors (Lipinski definition) is 2. The molecule has 0 bridgehead atoms. The summed E-state index contributed by atoms with van der Waals surface area (Å²) in [5, 5.41) is 11.0. The number of furan rings is 1. The van der Waals surface area contributed by atoms with Crippen molar-refractivity contribution >= 4 is 11.0 Å². The molecule has 0 spiro atoms. The minimum absolute atomic E-state index is 0.463. The van der Waals surface area contributed by atoms with E-state index in [0.29, 0.717) is 11.7 Å². The summed E-state index contributed by atoms with van der Waals surface area (Å²) < 4.78 is 5.64. The number of hydrogen-bond donors (Lipinski definition) is 1. The highest BCUT2D eigenvalue weighted by Gasteiger charge is 2.14. The van der Waals surface area contributed by atoms with E-state index >= 15 is 0 Å². The summed E-state index contributed by atoms with van der Waals surface area (Å²) in [6, 6.07) is 7.99. The lowest BCUT2D eigenvalue weighted by Crippen LogP contribution is -2.00. The molecule has 0 aliphatic rings. The smallest absolute Gasteiger partial charge is 0.134 e. The summed E-state index contributed by atoms with van der Waals surface area (Å²) in [4.78, 5) is 0. The van der Waals surface area contributed by atoms with Crippen molar-refractivity contribution in [2.75, 3.05) is 0 Å². The van der Waals surface area contributed by atoms with Crippen molar-refractivity contribution in [1.29, 1.82) is 0 Å². The fourth-order valence-corrected chi connectivity index (χ4v) is 1.91. The van der Waals surface area contributed by atoms with Gasteiger partial charge >= 0.3 is 0 Å². The Labute approximate surface area is 95.9 Å². The van der Waals surface area contributed by atoms with E-state index in [4.69, 9.17) is 4.42 Å². The number of rotatable bonds is 3. The highest BCUT2D eigenvalue weighted by Crippen LogP contribution is 2.28. The molecule has 2 rings (SSSR count). The summed E-state index contributed by atoms with van der Waals surface area (Å²) in [5.41, 5.74) is 2.06. The zero-order valence-corrected chi connectivity index (χ0v) is 10.0. The first-order valence-electron chi connectivity index (χ1n) is 5.74. The van der Waals surface area contributed by atoms with Crippen LogP contribution in [0.25, 0.3) is 11.0 Å². The predicted octanol–water partition coefficient (Wildman–Crippen LogP) is 3.82. The number of benzene rings is 1. The van der Waals surface area contributed by atoms with Crippen molar-refractivity contribution in [3.05, 3.63) is 35.6 Å². The molecule has 1 atom stereocenters. The van der Waals surface area contributed by atoms with Gasteiger partial charge in [0.1, 0.15) is 17.4 Å². The zero-order valence-electron chi connectivity index (χ0n) is 10.0. The lowest BCUT2D eigenvalue weighted by Gasteiger charge is -2.09. The number of fused-ring (bicyclic) bond motifs is 1. The maximum absolute atomic E-state index is 9.97. The van der Waals surface area contributed by atoms with Crippen LogP contribution in [0.1, 0.15) is 37.7 Å². The van der Waals surface area contributed by atoms with Gasteiger partial charge in [-0.2, -0.15) is 0 Å². The summed E-state index contributed by atoms with van der Waals surface area (Å²) in [6.45, 7) is 6.24. The molecule has 1 unspecified atom stereocenters. The number of aryl methyl sites for hydroxylation is 1. The molecule has 16 heavy (non-hydrogen) atoms. The van der Waals surface area contributed by atoms with Gasteiger partial charge in [0.05, 0.1) is 0 Å². The summed E-state index contributed by atoms with van der Waals surface area (Å²) in [5.74, 6) is 1.14. The van der Waals surface area contributed by atoms with Crippen LogP contribution in [0, 0.1) is 12.8 Å². The van der Waals surface area contributed by atoms with Gasteiger partial charge in [-0.1, -0.05) is 25.5 Å². The summed E-state index contributed by atoms with van der Waals surface area (Å²) in [6.07, 6.45) is 0.242. The van der Waals surface area contributed by atoms with Crippen LogP contribution in [-0.4, -0.2) is 5.11 Å². The van der Waals surface area contributed by atoms with Crippen LogP contribution in [-0.2, 0) is 0 Å². The van der Waals surface area contributed by atoms with Gasteiger partial charge in [0.15, 0.2) is 0 Å². The van der Waals surface area contributed by atoms with Crippen LogP contribution in [0.3, 0.4) is 0 Å². The van der Waals surface area contributed by atoms with E-state index in [0.717, 1.165) is 17.4 Å². The van der Waals surface area contributed by atoms with Crippen LogP contribution in [0.2, 0.25) is 0 Å². The molecule has 2 nitrogen and oxygen atoms in total. The molecule has 0 radical (unpaired) electrons. The monoisotopic (exact) mass is 218 g/mol. The minimum atomic E-state index is -0.493. The van der Waals surface area contributed by atoms with E-state index < -0.39 is 6.10 Å². The van der Waals surface area contributed by atoms with Crippen molar-refractivity contribution in [2.45, 2.75) is 33.3 Å². The maximum atomic E-state index is 9.97. The largest absolute Gasteiger partial charge is 0.458 e. The van der Waals surface area contributed by atoms with Crippen LogP contribution < -0.4 is 0 Å². The third-order valence-electron chi connectivity index (χ3n) is 2.71. The Morgan fingerprint density at radius 2 is 2.00 bits per heavy atom. The highest BCUT2D eigenvalue weighted by molar-refractivity contribution is 5.78. The second-order valence-electron chi connectivity index (χ2n) is 4.84. The molecule has 0 aliphatic carbocycles. The van der Waals surface area contributed by atoms with Crippen molar-refractivity contribution in [2.24, 2.45) is 5.92 Å². The Balaban J connectivity index is 2.32. The fourth-order valence-electron chi connectivity index (χ4n) is 1.91. The quantitative estimate of drug-likeness (QED) is 0.849. The van der Waals surface area contributed by atoms with E-state index in [1.54, 1.807) is 0 Å². The van der Waals surface area contributed by atoms with Gasteiger partial charge in [0.2, 0.25) is 0 Å². The van der Waals surface area contributed by atoms with Crippen molar-refractivity contribution < 1.29 is 9.52 Å². The Morgan fingerprint density at radius 3 is 2.69 bits per heavy atom. The fraction of sp³-hybridized carbons (Fsp3) is 0.429.